The SMILES string of the molecule is Cc1cn([C@@]2(S)C[C@H](O)[C@@H](CO)O2)c(=O)[nH]c1=O. The Bertz CT molecular complexity index is 568. The van der Waals surface area contributed by atoms with Gasteiger partial charge in [0.1, 0.15) is 6.10 Å². The highest BCUT2D eigenvalue weighted by atomic mass is 32.1. The third-order valence-electron chi connectivity index (χ3n) is 2.92. The Labute approximate surface area is 107 Å². The normalized spacial score (nSPS) is 31.8. The molecule has 0 radical (unpaired) electrons. The fourth-order valence-corrected chi connectivity index (χ4v) is 2.38. The molecule has 2 rings (SSSR count). The Kier molecular flexibility index (Phi) is 3.37. The van der Waals surface area contributed by atoms with E-state index in [4.69, 9.17) is 9.84 Å². The van der Waals surface area contributed by atoms with Gasteiger partial charge in [0.05, 0.1) is 12.7 Å². The molecule has 1 aromatic heterocycles. The molecule has 100 valence electrons. The monoisotopic (exact) mass is 274 g/mol. The minimum Gasteiger partial charge on any atom is -0.394 e. The molecule has 0 saturated carbocycles. The summed E-state index contributed by atoms with van der Waals surface area (Å²) in [4.78, 5) is 25.1. The lowest BCUT2D eigenvalue weighted by atomic mass is 10.2. The molecule has 0 aromatic carbocycles. The molecule has 0 unspecified atom stereocenters. The van der Waals surface area contributed by atoms with Crippen LogP contribution < -0.4 is 11.2 Å². The third kappa shape index (κ3) is 2.12. The van der Waals surface area contributed by atoms with Crippen molar-refractivity contribution >= 4 is 12.6 Å². The highest BCUT2D eigenvalue weighted by molar-refractivity contribution is 7.80. The molecule has 1 fully saturated rings. The number of aromatic nitrogens is 2. The Morgan fingerprint density at radius 2 is 2.33 bits per heavy atom. The summed E-state index contributed by atoms with van der Waals surface area (Å²) < 4.78 is 6.48. The number of nitrogens with zero attached hydrogens (tertiary/aromatic N) is 1. The summed E-state index contributed by atoms with van der Waals surface area (Å²) in [6.07, 6.45) is -0.374. The first kappa shape index (κ1) is 13.3. The van der Waals surface area contributed by atoms with Gasteiger partial charge in [0.15, 0.2) is 5.06 Å². The van der Waals surface area contributed by atoms with Gasteiger partial charge in [-0.05, 0) is 6.92 Å². The van der Waals surface area contributed by atoms with E-state index < -0.39 is 28.5 Å². The lowest BCUT2D eigenvalue weighted by Gasteiger charge is -2.25. The molecule has 0 amide bonds. The van der Waals surface area contributed by atoms with Crippen LogP contribution in [-0.2, 0) is 9.79 Å². The molecule has 8 heteroatoms. The average Bonchev–Trinajstić information content (AvgIpc) is 2.59. The number of aliphatic hydroxyl groups excluding tert-OH is 2. The fourth-order valence-electron chi connectivity index (χ4n) is 1.91. The Balaban J connectivity index is 2.47. The van der Waals surface area contributed by atoms with Crippen molar-refractivity contribution in [2.45, 2.75) is 30.6 Å². The van der Waals surface area contributed by atoms with Gasteiger partial charge in [0.2, 0.25) is 0 Å². The van der Waals surface area contributed by atoms with Crippen LogP contribution in [0.3, 0.4) is 0 Å². The number of aliphatic hydroxyl groups is 2. The second kappa shape index (κ2) is 4.54. The summed E-state index contributed by atoms with van der Waals surface area (Å²) >= 11 is 4.24. The van der Waals surface area contributed by atoms with Crippen molar-refractivity contribution < 1.29 is 14.9 Å². The minimum absolute atomic E-state index is 0.0345. The molecule has 1 aliphatic rings. The minimum atomic E-state index is -1.38. The van der Waals surface area contributed by atoms with E-state index in [0.29, 0.717) is 5.56 Å². The van der Waals surface area contributed by atoms with Gasteiger partial charge >= 0.3 is 5.69 Å². The highest BCUT2D eigenvalue weighted by Crippen LogP contribution is 2.37. The van der Waals surface area contributed by atoms with Crippen LogP contribution in [0.25, 0.3) is 0 Å². The molecule has 1 aliphatic heterocycles. The number of nitrogens with one attached hydrogen (secondary N) is 1. The molecule has 3 atom stereocenters. The Hall–Kier alpha value is -1.09. The van der Waals surface area contributed by atoms with Crippen LogP contribution in [0.4, 0.5) is 0 Å². The zero-order valence-electron chi connectivity index (χ0n) is 9.66. The van der Waals surface area contributed by atoms with Crippen LogP contribution in [0.1, 0.15) is 12.0 Å². The van der Waals surface area contributed by atoms with Gasteiger partial charge in [-0.3, -0.25) is 14.3 Å². The van der Waals surface area contributed by atoms with Crippen molar-refractivity contribution in [1.29, 1.82) is 0 Å². The molecule has 1 saturated heterocycles. The van der Waals surface area contributed by atoms with Crippen LogP contribution in [0, 0.1) is 6.92 Å². The summed E-state index contributed by atoms with van der Waals surface area (Å²) in [5.74, 6) is 0. The van der Waals surface area contributed by atoms with E-state index in [1.54, 1.807) is 6.92 Å². The maximum atomic E-state index is 11.7. The number of H-pyrrole nitrogens is 1. The van der Waals surface area contributed by atoms with Crippen LogP contribution in [-0.4, -0.2) is 38.6 Å². The Morgan fingerprint density at radius 3 is 2.89 bits per heavy atom. The molecule has 3 N–H and O–H groups in total. The molecule has 7 nitrogen and oxygen atoms in total. The van der Waals surface area contributed by atoms with Gasteiger partial charge in [-0.1, -0.05) is 0 Å². The van der Waals surface area contributed by atoms with Crippen molar-refractivity contribution in [2.75, 3.05) is 6.61 Å². The molecule has 0 bridgehead atoms. The predicted octanol–water partition coefficient (Wildman–Crippen LogP) is -1.47. The van der Waals surface area contributed by atoms with E-state index in [9.17, 15) is 14.7 Å². The van der Waals surface area contributed by atoms with Crippen LogP contribution in [0.15, 0.2) is 15.8 Å². The smallest absolute Gasteiger partial charge is 0.331 e. The van der Waals surface area contributed by atoms with Crippen LogP contribution >= 0.6 is 12.6 Å². The van der Waals surface area contributed by atoms with Crippen molar-refractivity contribution in [3.05, 3.63) is 32.6 Å². The molecule has 0 aliphatic carbocycles. The number of hydrogen-bond acceptors (Lipinski definition) is 6. The second-order valence-electron chi connectivity index (χ2n) is 4.29. The van der Waals surface area contributed by atoms with Crippen molar-refractivity contribution in [1.82, 2.24) is 9.55 Å². The summed E-state index contributed by atoms with van der Waals surface area (Å²) in [5, 5.41) is 17.3. The second-order valence-corrected chi connectivity index (χ2v) is 4.99. The van der Waals surface area contributed by atoms with Crippen molar-refractivity contribution in [3.8, 4) is 0 Å². The lowest BCUT2D eigenvalue weighted by molar-refractivity contribution is -0.0636. The maximum Gasteiger partial charge on any atom is 0.331 e. The molecular formula is C10H14N2O5S. The first-order chi connectivity index (χ1) is 8.37. The topological polar surface area (TPSA) is 105 Å². The number of hydrogen-bond donors (Lipinski definition) is 4. The lowest BCUT2D eigenvalue weighted by Crippen LogP contribution is -2.41. The average molecular weight is 274 g/mol. The van der Waals surface area contributed by atoms with E-state index in [1.165, 1.54) is 6.20 Å². The number of rotatable bonds is 2. The third-order valence-corrected chi connectivity index (χ3v) is 3.42. The van der Waals surface area contributed by atoms with Gasteiger partial charge in [-0.25, -0.2) is 4.79 Å². The quantitative estimate of drug-likeness (QED) is 0.493. The van der Waals surface area contributed by atoms with Gasteiger partial charge < -0.3 is 14.9 Å². The van der Waals surface area contributed by atoms with Gasteiger partial charge in [-0.2, -0.15) is 0 Å². The molecule has 2 heterocycles. The number of aromatic amines is 1. The molecular weight excluding hydrogens is 260 g/mol. The van der Waals surface area contributed by atoms with Crippen molar-refractivity contribution in [3.63, 3.8) is 0 Å². The van der Waals surface area contributed by atoms with Crippen LogP contribution in [0.5, 0.6) is 0 Å². The van der Waals surface area contributed by atoms with E-state index >= 15 is 0 Å². The molecule has 0 spiro atoms. The fraction of sp³-hybridized carbons (Fsp3) is 0.600. The van der Waals surface area contributed by atoms with E-state index in [0.717, 1.165) is 4.57 Å². The standard InChI is InChI=1S/C10H14N2O5S/c1-5-3-12(9(16)11-8(5)15)10(18)2-6(14)7(4-13)17-10/h3,6-7,13-14,18H,2,4H2,1H3,(H,11,15,16)/t6-,7+,10-/m0/s1. The van der Waals surface area contributed by atoms with Gasteiger partial charge in [-0.15, -0.1) is 12.6 Å². The van der Waals surface area contributed by atoms with Gasteiger partial charge in [0.25, 0.3) is 5.56 Å². The van der Waals surface area contributed by atoms with E-state index in [1.807, 2.05) is 0 Å². The van der Waals surface area contributed by atoms with Crippen LogP contribution in [0.2, 0.25) is 0 Å². The van der Waals surface area contributed by atoms with Crippen molar-refractivity contribution in [2.24, 2.45) is 0 Å². The van der Waals surface area contributed by atoms with E-state index in [2.05, 4.69) is 17.6 Å². The largest absolute Gasteiger partial charge is 0.394 e. The summed E-state index contributed by atoms with van der Waals surface area (Å²) in [6, 6.07) is 0. The summed E-state index contributed by atoms with van der Waals surface area (Å²) in [5.41, 5.74) is -0.828. The zero-order valence-corrected chi connectivity index (χ0v) is 10.6. The van der Waals surface area contributed by atoms with Gasteiger partial charge in [0, 0.05) is 18.2 Å². The van der Waals surface area contributed by atoms with E-state index in [-0.39, 0.29) is 13.0 Å². The molecule has 1 aromatic rings. The first-order valence-corrected chi connectivity index (χ1v) is 5.84. The Morgan fingerprint density at radius 1 is 1.67 bits per heavy atom. The predicted molar refractivity (Wildman–Crippen MR) is 65.6 cm³/mol. The number of ether oxygens (including phenoxy) is 1. The number of thiol groups is 1. The zero-order chi connectivity index (χ0) is 13.5. The maximum absolute atomic E-state index is 11.7. The highest BCUT2D eigenvalue weighted by Gasteiger charge is 2.45. The summed E-state index contributed by atoms with van der Waals surface area (Å²) in [6.45, 7) is 1.17. The first-order valence-electron chi connectivity index (χ1n) is 5.39. The number of aryl methyl sites for hydroxylation is 1. The summed E-state index contributed by atoms with van der Waals surface area (Å²) in [7, 11) is 0. The molecule has 18 heavy (non-hydrogen) atoms.